The van der Waals surface area contributed by atoms with E-state index in [1.807, 2.05) is 39.0 Å². The van der Waals surface area contributed by atoms with Crippen molar-refractivity contribution >= 4 is 50.7 Å². The summed E-state index contributed by atoms with van der Waals surface area (Å²) >= 11 is 12.5. The number of nitrogens with zero attached hydrogens (tertiary/aromatic N) is 2. The van der Waals surface area contributed by atoms with Crippen molar-refractivity contribution in [2.45, 2.75) is 77.9 Å². The van der Waals surface area contributed by atoms with Crippen LogP contribution in [0.2, 0.25) is 10.0 Å². The number of para-hydroxylation sites is 1. The lowest BCUT2D eigenvalue weighted by Crippen LogP contribution is -2.54. The van der Waals surface area contributed by atoms with Gasteiger partial charge in [0.05, 0.1) is 11.9 Å². The number of carbonyl (C=O) groups excluding carboxylic acids is 2. The summed E-state index contributed by atoms with van der Waals surface area (Å²) < 4.78 is 27.0. The lowest BCUT2D eigenvalue weighted by molar-refractivity contribution is -0.140. The number of halogens is 2. The van der Waals surface area contributed by atoms with Crippen LogP contribution < -0.4 is 9.62 Å². The van der Waals surface area contributed by atoms with Crippen LogP contribution in [0, 0.1) is 13.8 Å². The molecule has 7 nitrogen and oxygen atoms in total. The number of amides is 2. The van der Waals surface area contributed by atoms with Gasteiger partial charge in [0.15, 0.2) is 0 Å². The van der Waals surface area contributed by atoms with Crippen LogP contribution in [0.4, 0.5) is 5.69 Å². The van der Waals surface area contributed by atoms with Crippen LogP contribution in [0.1, 0.15) is 62.1 Å². The van der Waals surface area contributed by atoms with Crippen LogP contribution in [0.15, 0.2) is 36.4 Å². The average Bonchev–Trinajstić information content (AvgIpc) is 2.84. The lowest BCUT2D eigenvalue weighted by Gasteiger charge is -2.35. The number of nitrogens with one attached hydrogen (secondary N) is 1. The van der Waals surface area contributed by atoms with E-state index in [9.17, 15) is 18.0 Å². The topological polar surface area (TPSA) is 86.8 Å². The highest BCUT2D eigenvalue weighted by atomic mass is 35.5. The molecule has 1 aliphatic carbocycles. The first-order valence-electron chi connectivity index (χ1n) is 13.0. The van der Waals surface area contributed by atoms with Gasteiger partial charge in [-0.1, -0.05) is 73.7 Å². The maximum atomic E-state index is 13.9. The Morgan fingerprint density at radius 3 is 2.24 bits per heavy atom. The minimum Gasteiger partial charge on any atom is -0.352 e. The zero-order chi connectivity index (χ0) is 28.0. The molecule has 0 spiro atoms. The molecule has 1 fully saturated rings. The van der Waals surface area contributed by atoms with E-state index in [0.29, 0.717) is 27.7 Å². The summed E-state index contributed by atoms with van der Waals surface area (Å²) in [5.41, 5.74) is 2.55. The largest absolute Gasteiger partial charge is 0.352 e. The molecule has 2 aromatic rings. The molecular weight excluding hydrogens is 545 g/mol. The number of hydrogen-bond donors (Lipinski definition) is 1. The average molecular weight is 583 g/mol. The number of hydrogen-bond acceptors (Lipinski definition) is 4. The van der Waals surface area contributed by atoms with Crippen molar-refractivity contribution in [3.63, 3.8) is 0 Å². The number of rotatable bonds is 10. The van der Waals surface area contributed by atoms with Crippen LogP contribution in [-0.4, -0.2) is 50.0 Å². The summed E-state index contributed by atoms with van der Waals surface area (Å²) in [6.07, 6.45) is 6.54. The van der Waals surface area contributed by atoms with Crippen molar-refractivity contribution < 1.29 is 18.0 Å². The van der Waals surface area contributed by atoms with Gasteiger partial charge in [-0.25, -0.2) is 8.42 Å². The molecule has 0 bridgehead atoms. The summed E-state index contributed by atoms with van der Waals surface area (Å²) in [7, 11) is -3.81. The molecule has 10 heteroatoms. The fraction of sp³-hybridized carbons (Fsp3) is 0.500. The molecule has 0 heterocycles. The summed E-state index contributed by atoms with van der Waals surface area (Å²) in [5.74, 6) is -0.731. The van der Waals surface area contributed by atoms with Crippen molar-refractivity contribution in [2.24, 2.45) is 0 Å². The van der Waals surface area contributed by atoms with Crippen LogP contribution in [0.3, 0.4) is 0 Å². The second-order valence-electron chi connectivity index (χ2n) is 10.0. The zero-order valence-electron chi connectivity index (χ0n) is 22.5. The molecule has 0 aromatic heterocycles. The minimum atomic E-state index is -3.81. The molecule has 2 aromatic carbocycles. The Morgan fingerprint density at radius 1 is 1.05 bits per heavy atom. The highest BCUT2D eigenvalue weighted by Crippen LogP contribution is 2.28. The second kappa shape index (κ2) is 13.2. The number of aryl methyl sites for hydroxylation is 2. The molecule has 0 radical (unpaired) electrons. The van der Waals surface area contributed by atoms with Gasteiger partial charge in [-0.05, 0) is 61.9 Å². The van der Waals surface area contributed by atoms with Crippen LogP contribution in [-0.2, 0) is 26.2 Å². The summed E-state index contributed by atoms with van der Waals surface area (Å²) in [5, 5.41) is 3.95. The Balaban J connectivity index is 1.98. The first kappa shape index (κ1) is 30.3. The monoisotopic (exact) mass is 581 g/mol. The van der Waals surface area contributed by atoms with E-state index in [4.69, 9.17) is 23.2 Å². The molecule has 1 N–H and O–H groups in total. The van der Waals surface area contributed by atoms with Crippen molar-refractivity contribution in [3.8, 4) is 0 Å². The Kier molecular flexibility index (Phi) is 10.5. The predicted octanol–water partition coefficient (Wildman–Crippen LogP) is 5.63. The van der Waals surface area contributed by atoms with Crippen molar-refractivity contribution in [1.82, 2.24) is 10.2 Å². The number of anilines is 1. The van der Waals surface area contributed by atoms with Crippen molar-refractivity contribution in [2.75, 3.05) is 17.1 Å². The standard InChI is InChI=1S/C28H37Cl2N3O4S/c1-5-25(28(35)31-23-12-7-6-8-13-23)32(17-21-14-15-22(29)16-24(21)30)26(34)18-33(38(4,36)37)27-19(2)10-9-11-20(27)3/h9-11,14-16,23,25H,5-8,12-13,17-18H2,1-4H3,(H,31,35)/t25-/m1/s1. The third-order valence-electron chi connectivity index (χ3n) is 7.06. The van der Waals surface area contributed by atoms with Gasteiger partial charge in [0.25, 0.3) is 0 Å². The molecule has 0 unspecified atom stereocenters. The van der Waals surface area contributed by atoms with Crippen molar-refractivity contribution in [1.29, 1.82) is 0 Å². The third-order valence-corrected chi connectivity index (χ3v) is 8.76. The van der Waals surface area contributed by atoms with E-state index in [0.717, 1.165) is 53.8 Å². The van der Waals surface area contributed by atoms with Crippen LogP contribution in [0.5, 0.6) is 0 Å². The molecule has 3 rings (SSSR count). The lowest BCUT2D eigenvalue weighted by atomic mass is 9.95. The van der Waals surface area contributed by atoms with Gasteiger partial charge in [-0.3, -0.25) is 13.9 Å². The van der Waals surface area contributed by atoms with Crippen LogP contribution in [0.25, 0.3) is 0 Å². The second-order valence-corrected chi connectivity index (χ2v) is 12.8. The van der Waals surface area contributed by atoms with Gasteiger partial charge in [-0.2, -0.15) is 0 Å². The Bertz CT molecular complexity index is 1240. The van der Waals surface area contributed by atoms with Crippen molar-refractivity contribution in [3.05, 3.63) is 63.1 Å². The smallest absolute Gasteiger partial charge is 0.244 e. The van der Waals surface area contributed by atoms with E-state index in [-0.39, 0.29) is 18.5 Å². The SMILES string of the molecule is CC[C@H](C(=O)NC1CCCCC1)N(Cc1ccc(Cl)cc1Cl)C(=O)CN(c1c(C)cccc1C)S(C)(=O)=O. The van der Waals surface area contributed by atoms with Gasteiger partial charge in [0.1, 0.15) is 12.6 Å². The first-order valence-corrected chi connectivity index (χ1v) is 15.6. The summed E-state index contributed by atoms with van der Waals surface area (Å²) in [6.45, 7) is 5.05. The molecule has 1 aliphatic rings. The third kappa shape index (κ3) is 7.64. The molecule has 2 amide bonds. The molecule has 1 atom stereocenters. The fourth-order valence-corrected chi connectivity index (χ4v) is 6.50. The zero-order valence-corrected chi connectivity index (χ0v) is 24.8. The molecular formula is C28H37Cl2N3O4S. The molecule has 0 saturated heterocycles. The Labute approximate surface area is 236 Å². The highest BCUT2D eigenvalue weighted by Gasteiger charge is 2.33. The summed E-state index contributed by atoms with van der Waals surface area (Å²) in [4.78, 5) is 28.9. The predicted molar refractivity (Wildman–Crippen MR) is 154 cm³/mol. The first-order chi connectivity index (χ1) is 17.9. The Morgan fingerprint density at radius 2 is 1.68 bits per heavy atom. The number of benzene rings is 2. The molecule has 1 saturated carbocycles. The Hall–Kier alpha value is -2.29. The van der Waals surface area contributed by atoms with Gasteiger partial charge >= 0.3 is 0 Å². The quantitative estimate of drug-likeness (QED) is 0.393. The van der Waals surface area contributed by atoms with E-state index in [1.165, 1.54) is 4.90 Å². The fourth-order valence-electron chi connectivity index (χ4n) is 5.07. The maximum absolute atomic E-state index is 13.9. The number of carbonyl (C=O) groups is 2. The summed E-state index contributed by atoms with van der Waals surface area (Å²) in [6, 6.07) is 9.71. The highest BCUT2D eigenvalue weighted by molar-refractivity contribution is 7.92. The van der Waals surface area contributed by atoms with E-state index in [1.54, 1.807) is 18.2 Å². The van der Waals surface area contributed by atoms with E-state index < -0.39 is 28.5 Å². The molecule has 208 valence electrons. The van der Waals surface area contributed by atoms with Gasteiger partial charge in [-0.15, -0.1) is 0 Å². The number of sulfonamides is 1. The van der Waals surface area contributed by atoms with Crippen LogP contribution >= 0.6 is 23.2 Å². The van der Waals surface area contributed by atoms with Gasteiger partial charge in [0.2, 0.25) is 21.8 Å². The minimum absolute atomic E-state index is 0.0375. The maximum Gasteiger partial charge on any atom is 0.244 e. The normalized spacial score (nSPS) is 15.1. The van der Waals surface area contributed by atoms with E-state index in [2.05, 4.69) is 5.32 Å². The molecule has 38 heavy (non-hydrogen) atoms. The molecule has 0 aliphatic heterocycles. The van der Waals surface area contributed by atoms with Gasteiger partial charge < -0.3 is 10.2 Å². The van der Waals surface area contributed by atoms with E-state index >= 15 is 0 Å². The van der Waals surface area contributed by atoms with Gasteiger partial charge in [0, 0.05) is 22.6 Å².